The summed E-state index contributed by atoms with van der Waals surface area (Å²) < 4.78 is 15.1. The number of carbonyl (C=O) groups is 1. The molecular weight excluding hydrogens is 423 g/mol. The Hall–Kier alpha value is -1.14. The Bertz CT molecular complexity index is 589. The predicted molar refractivity (Wildman–Crippen MR) is 111 cm³/mol. The third-order valence-corrected chi connectivity index (χ3v) is 3.60. The van der Waals surface area contributed by atoms with E-state index in [1.165, 1.54) is 18.1 Å². The molecule has 0 saturated carbocycles. The maximum Gasteiger partial charge on any atom is 0.218 e. The molecule has 0 fully saturated rings. The van der Waals surface area contributed by atoms with Crippen molar-refractivity contribution in [1.29, 1.82) is 0 Å². The smallest absolute Gasteiger partial charge is 0.218 e. The van der Waals surface area contributed by atoms with Gasteiger partial charge in [-0.25, -0.2) is 0 Å². The molecule has 0 spiro atoms. The third kappa shape index (κ3) is 17.0. The lowest BCUT2D eigenvalue weighted by atomic mass is 10.1. The van der Waals surface area contributed by atoms with Gasteiger partial charge < -0.3 is 26.6 Å². The number of ether oxygens (including phenoxy) is 3. The Balaban J connectivity index is 0. The highest BCUT2D eigenvalue weighted by molar-refractivity contribution is 6.62. The van der Waals surface area contributed by atoms with Crippen molar-refractivity contribution >= 4 is 28.4 Å². The number of halogens is 3. The van der Waals surface area contributed by atoms with Gasteiger partial charge in [0.2, 0.25) is 5.24 Å². The number of alkyl halides is 1. The lowest BCUT2D eigenvalue weighted by molar-refractivity contribution is -0.109. The highest BCUT2D eigenvalue weighted by Gasteiger charge is 2.04. The fourth-order valence-electron chi connectivity index (χ4n) is 1.95. The SMILES string of the molecule is CC(=O)Cl.COC(Cc1ccccc1)OC.COC(Cl)Cc1ccccc1.[Cl-]. The first kappa shape index (κ1) is 29.1. The van der Waals surface area contributed by atoms with Crippen molar-refractivity contribution in [3.63, 3.8) is 0 Å². The minimum atomic E-state index is -0.361. The minimum absolute atomic E-state index is 0. The van der Waals surface area contributed by atoms with Gasteiger partial charge in [0.1, 0.15) is 5.56 Å². The Labute approximate surface area is 184 Å². The van der Waals surface area contributed by atoms with Crippen LogP contribution in [0.15, 0.2) is 60.7 Å². The number of carbonyl (C=O) groups excluding carboxylic acids is 1. The quantitative estimate of drug-likeness (QED) is 0.368. The second-order valence-corrected chi connectivity index (χ2v) is 6.42. The first-order valence-corrected chi connectivity index (χ1v) is 9.20. The zero-order valence-electron chi connectivity index (χ0n) is 16.6. The molecule has 28 heavy (non-hydrogen) atoms. The fourth-order valence-corrected chi connectivity index (χ4v) is 2.13. The Morgan fingerprint density at radius 2 is 1.18 bits per heavy atom. The van der Waals surface area contributed by atoms with E-state index in [2.05, 4.69) is 23.7 Å². The number of methoxy groups -OCH3 is 3. The van der Waals surface area contributed by atoms with E-state index in [-0.39, 0.29) is 29.5 Å². The van der Waals surface area contributed by atoms with Crippen LogP contribution in [0.3, 0.4) is 0 Å². The highest BCUT2D eigenvalue weighted by atomic mass is 35.5. The maximum atomic E-state index is 9.21. The van der Waals surface area contributed by atoms with Gasteiger partial charge in [-0.05, 0) is 22.7 Å². The summed E-state index contributed by atoms with van der Waals surface area (Å²) >= 11 is 10.4. The van der Waals surface area contributed by atoms with Gasteiger partial charge in [0.25, 0.3) is 0 Å². The van der Waals surface area contributed by atoms with Gasteiger partial charge in [0.15, 0.2) is 6.29 Å². The molecule has 0 aliphatic rings. The van der Waals surface area contributed by atoms with Crippen LogP contribution in [0.25, 0.3) is 0 Å². The molecule has 2 aromatic rings. The molecule has 0 radical (unpaired) electrons. The molecule has 0 aliphatic heterocycles. The highest BCUT2D eigenvalue weighted by Crippen LogP contribution is 2.07. The molecule has 0 aromatic heterocycles. The van der Waals surface area contributed by atoms with Gasteiger partial charge in [-0.3, -0.25) is 4.79 Å². The average Bonchev–Trinajstić information content (AvgIpc) is 2.67. The van der Waals surface area contributed by atoms with Crippen molar-refractivity contribution in [2.75, 3.05) is 21.3 Å². The van der Waals surface area contributed by atoms with E-state index >= 15 is 0 Å². The molecular formula is C21H28Cl3O4-. The average molecular weight is 451 g/mol. The molecule has 0 heterocycles. The first-order valence-electron chi connectivity index (χ1n) is 8.39. The minimum Gasteiger partial charge on any atom is -1.00 e. The maximum absolute atomic E-state index is 9.21. The number of hydrogen-bond donors (Lipinski definition) is 0. The van der Waals surface area contributed by atoms with Crippen molar-refractivity contribution in [3.8, 4) is 0 Å². The number of benzene rings is 2. The van der Waals surface area contributed by atoms with Crippen LogP contribution in [0.4, 0.5) is 0 Å². The second-order valence-electron chi connectivity index (χ2n) is 5.40. The van der Waals surface area contributed by atoms with E-state index in [9.17, 15) is 4.79 Å². The molecule has 158 valence electrons. The van der Waals surface area contributed by atoms with Gasteiger partial charge in [-0.1, -0.05) is 72.3 Å². The molecule has 0 bridgehead atoms. The van der Waals surface area contributed by atoms with E-state index < -0.39 is 0 Å². The van der Waals surface area contributed by atoms with Gasteiger partial charge in [-0.15, -0.1) is 0 Å². The molecule has 2 aromatic carbocycles. The Morgan fingerprint density at radius 3 is 1.50 bits per heavy atom. The monoisotopic (exact) mass is 449 g/mol. The van der Waals surface area contributed by atoms with E-state index in [0.29, 0.717) is 0 Å². The standard InChI is InChI=1S/C10H14O2.C9H11ClO.C2H3ClO.ClH/c1-11-10(12-2)8-9-6-4-3-5-7-9;1-11-9(10)7-8-5-3-2-4-6-8;1-2(3)4;/h3-7,10H,8H2,1-2H3;2-6,9H,7H2,1H3;1H3;1H/p-1. The lowest BCUT2D eigenvalue weighted by Crippen LogP contribution is -3.00. The van der Waals surface area contributed by atoms with E-state index in [4.69, 9.17) is 25.8 Å². The molecule has 7 heteroatoms. The third-order valence-electron chi connectivity index (χ3n) is 3.27. The Morgan fingerprint density at radius 1 is 0.821 bits per heavy atom. The van der Waals surface area contributed by atoms with Crippen LogP contribution in [0.1, 0.15) is 18.1 Å². The van der Waals surface area contributed by atoms with Gasteiger partial charge in [0, 0.05) is 41.1 Å². The number of hydrogen-bond acceptors (Lipinski definition) is 4. The van der Waals surface area contributed by atoms with E-state index in [1.807, 2.05) is 48.5 Å². The molecule has 2 rings (SSSR count). The topological polar surface area (TPSA) is 44.8 Å². The van der Waals surface area contributed by atoms with Crippen LogP contribution >= 0.6 is 23.2 Å². The summed E-state index contributed by atoms with van der Waals surface area (Å²) in [5.41, 5.74) is 2.22. The fraction of sp³-hybridized carbons (Fsp3) is 0.381. The zero-order valence-corrected chi connectivity index (χ0v) is 18.9. The molecule has 0 amide bonds. The Kier molecular flexibility index (Phi) is 19.9. The summed E-state index contributed by atoms with van der Waals surface area (Å²) in [6, 6.07) is 20.2. The van der Waals surface area contributed by atoms with E-state index in [0.717, 1.165) is 12.8 Å². The molecule has 1 atom stereocenters. The molecule has 0 N–H and O–H groups in total. The van der Waals surface area contributed by atoms with Crippen LogP contribution < -0.4 is 12.4 Å². The van der Waals surface area contributed by atoms with Crippen molar-refractivity contribution < 1.29 is 31.4 Å². The molecule has 0 aliphatic carbocycles. The van der Waals surface area contributed by atoms with Crippen molar-refractivity contribution in [2.45, 2.75) is 31.6 Å². The summed E-state index contributed by atoms with van der Waals surface area (Å²) in [5, 5.41) is -0.361. The van der Waals surface area contributed by atoms with Crippen molar-refractivity contribution in [3.05, 3.63) is 71.8 Å². The summed E-state index contributed by atoms with van der Waals surface area (Å²) in [7, 11) is 4.91. The van der Waals surface area contributed by atoms with Gasteiger partial charge in [-0.2, -0.15) is 0 Å². The second kappa shape index (κ2) is 19.2. The summed E-state index contributed by atoms with van der Waals surface area (Å²) in [6.45, 7) is 1.29. The summed E-state index contributed by atoms with van der Waals surface area (Å²) in [4.78, 5) is 9.21. The largest absolute Gasteiger partial charge is 1.00 e. The number of rotatable bonds is 7. The van der Waals surface area contributed by atoms with Crippen LogP contribution in [-0.2, 0) is 31.8 Å². The normalized spacial score (nSPS) is 10.5. The van der Waals surface area contributed by atoms with Gasteiger partial charge in [0.05, 0.1) is 0 Å². The molecule has 4 nitrogen and oxygen atoms in total. The van der Waals surface area contributed by atoms with Crippen LogP contribution in [0, 0.1) is 0 Å². The van der Waals surface area contributed by atoms with Crippen LogP contribution in [0.2, 0.25) is 0 Å². The van der Waals surface area contributed by atoms with Crippen LogP contribution in [-0.4, -0.2) is 38.4 Å². The lowest BCUT2D eigenvalue weighted by Gasteiger charge is -2.12. The first-order chi connectivity index (χ1) is 12.9. The zero-order chi connectivity index (χ0) is 20.5. The van der Waals surface area contributed by atoms with E-state index in [1.54, 1.807) is 21.3 Å². The molecule has 1 unspecified atom stereocenters. The van der Waals surface area contributed by atoms with Gasteiger partial charge >= 0.3 is 0 Å². The molecule has 0 saturated heterocycles. The predicted octanol–water partition coefficient (Wildman–Crippen LogP) is 2.06. The summed E-state index contributed by atoms with van der Waals surface area (Å²) in [6.07, 6.45) is 1.43. The summed E-state index contributed by atoms with van der Waals surface area (Å²) in [5.74, 6) is 0. The van der Waals surface area contributed by atoms with Crippen LogP contribution in [0.5, 0.6) is 0 Å². The van der Waals surface area contributed by atoms with Crippen molar-refractivity contribution in [1.82, 2.24) is 0 Å². The van der Waals surface area contributed by atoms with Crippen molar-refractivity contribution in [2.24, 2.45) is 0 Å².